The molecule has 0 saturated carbocycles. The van der Waals surface area contributed by atoms with Crippen LogP contribution in [0.2, 0.25) is 0 Å². The molecule has 0 amide bonds. The van der Waals surface area contributed by atoms with Crippen LogP contribution in [0.5, 0.6) is 0 Å². The maximum atomic E-state index is 6.55. The molecule has 0 radical (unpaired) electrons. The molecule has 10 aromatic carbocycles. The van der Waals surface area contributed by atoms with Gasteiger partial charge in [-0.05, 0) is 119 Å². The molecule has 57 heavy (non-hydrogen) atoms. The normalized spacial score (nSPS) is 12.5. The first kappa shape index (κ1) is 31.2. The van der Waals surface area contributed by atoms with Crippen LogP contribution in [-0.2, 0) is 6.42 Å². The molecule has 0 fully saturated rings. The van der Waals surface area contributed by atoms with E-state index in [0.29, 0.717) is 0 Å². The molecule has 13 rings (SSSR count). The van der Waals surface area contributed by atoms with Gasteiger partial charge in [-0.1, -0.05) is 152 Å². The summed E-state index contributed by atoms with van der Waals surface area (Å²) in [5.41, 5.74) is 15.0. The van der Waals surface area contributed by atoms with Gasteiger partial charge < -0.3 is 4.42 Å². The average Bonchev–Trinajstić information content (AvgIpc) is 3.96. The van der Waals surface area contributed by atoms with Crippen molar-refractivity contribution in [3.05, 3.63) is 193 Å². The summed E-state index contributed by atoms with van der Waals surface area (Å²) in [6.07, 6.45) is 0.942. The second kappa shape index (κ2) is 11.8. The van der Waals surface area contributed by atoms with Gasteiger partial charge in [0.25, 0.3) is 0 Å². The summed E-state index contributed by atoms with van der Waals surface area (Å²) in [5, 5.41) is 12.5. The zero-order valence-electron chi connectivity index (χ0n) is 30.8. The van der Waals surface area contributed by atoms with Crippen LogP contribution >= 0.6 is 11.3 Å². The molecule has 0 unspecified atom stereocenters. The summed E-state index contributed by atoms with van der Waals surface area (Å²) in [5.74, 6) is 0. The SMILES string of the molecule is c1ccc(-c2c3ccccc3c(-c3ccc4c(c3)-c3ccc(-c5ccc6c(c5)sc5ccc7ccc8c9ccccc9oc8c7c56)cc3C4)c3ccccc23)cc1. The minimum Gasteiger partial charge on any atom is -0.455 e. The van der Waals surface area contributed by atoms with E-state index in [1.807, 2.05) is 17.4 Å². The third-order valence-electron chi connectivity index (χ3n) is 12.5. The molecule has 2 heterocycles. The Labute approximate surface area is 332 Å². The Morgan fingerprint density at radius 3 is 1.79 bits per heavy atom. The van der Waals surface area contributed by atoms with Crippen LogP contribution < -0.4 is 0 Å². The van der Waals surface area contributed by atoms with E-state index in [9.17, 15) is 0 Å². The molecule has 0 bridgehead atoms. The summed E-state index contributed by atoms with van der Waals surface area (Å²) in [4.78, 5) is 0. The molecule has 0 spiro atoms. The van der Waals surface area contributed by atoms with Crippen molar-refractivity contribution in [2.45, 2.75) is 6.42 Å². The Bertz CT molecular complexity index is 3600. The molecule has 0 saturated heterocycles. The standard InChI is InChI=1S/C55H32OS/c1-2-10-32(11-3-1)51-41-13-4-6-15-43(41)52(44-16-7-5-14-42(44)51)37-19-18-36-29-38-28-34(21-24-39(38)47(36)30-37)35-22-26-46-50(31-35)57-49-27-23-33-20-25-45-40-12-8-9-17-48(40)56-55(45)53(33)54(46)49/h1-28,30-31H,29H2. The van der Waals surface area contributed by atoms with E-state index in [2.05, 4.69) is 176 Å². The molecular weight excluding hydrogens is 709 g/mol. The Morgan fingerprint density at radius 1 is 0.368 bits per heavy atom. The van der Waals surface area contributed by atoms with Crippen molar-refractivity contribution in [1.82, 2.24) is 0 Å². The minimum absolute atomic E-state index is 0.938. The highest BCUT2D eigenvalue weighted by atomic mass is 32.1. The van der Waals surface area contributed by atoms with Gasteiger partial charge in [0, 0.05) is 36.3 Å². The minimum atomic E-state index is 0.938. The summed E-state index contributed by atoms with van der Waals surface area (Å²) in [6.45, 7) is 0. The highest BCUT2D eigenvalue weighted by molar-refractivity contribution is 7.26. The first-order valence-corrected chi connectivity index (χ1v) is 20.5. The molecule has 0 aliphatic heterocycles. The largest absolute Gasteiger partial charge is 0.455 e. The van der Waals surface area contributed by atoms with Crippen molar-refractivity contribution < 1.29 is 4.42 Å². The van der Waals surface area contributed by atoms with E-state index >= 15 is 0 Å². The predicted octanol–water partition coefficient (Wildman–Crippen LogP) is 16.0. The van der Waals surface area contributed by atoms with Gasteiger partial charge in [-0.25, -0.2) is 0 Å². The molecule has 2 aromatic heterocycles. The van der Waals surface area contributed by atoms with Crippen molar-refractivity contribution in [2.75, 3.05) is 0 Å². The lowest BCUT2D eigenvalue weighted by molar-refractivity contribution is 0.673. The lowest BCUT2D eigenvalue weighted by Crippen LogP contribution is -1.91. The molecule has 0 N–H and O–H groups in total. The third kappa shape index (κ3) is 4.51. The molecular formula is C55H32OS. The third-order valence-corrected chi connectivity index (χ3v) is 13.6. The molecule has 1 aliphatic carbocycles. The second-order valence-corrected chi connectivity index (χ2v) is 16.6. The Hall–Kier alpha value is -7.00. The van der Waals surface area contributed by atoms with E-state index < -0.39 is 0 Å². The second-order valence-electron chi connectivity index (χ2n) is 15.5. The van der Waals surface area contributed by atoms with Crippen molar-refractivity contribution in [3.8, 4) is 44.5 Å². The topological polar surface area (TPSA) is 13.1 Å². The lowest BCUT2D eigenvalue weighted by atomic mass is 9.85. The number of rotatable bonds is 3. The van der Waals surface area contributed by atoms with Crippen LogP contribution in [0.25, 0.3) is 119 Å². The van der Waals surface area contributed by atoms with Gasteiger partial charge in [-0.2, -0.15) is 0 Å². The van der Waals surface area contributed by atoms with Crippen molar-refractivity contribution in [3.63, 3.8) is 0 Å². The maximum absolute atomic E-state index is 6.55. The van der Waals surface area contributed by atoms with Crippen LogP contribution in [0, 0.1) is 0 Å². The number of fused-ring (bicyclic) bond motifs is 14. The van der Waals surface area contributed by atoms with Crippen LogP contribution in [-0.4, -0.2) is 0 Å². The van der Waals surface area contributed by atoms with E-state index in [1.165, 1.54) is 119 Å². The van der Waals surface area contributed by atoms with Crippen molar-refractivity contribution in [1.29, 1.82) is 0 Å². The van der Waals surface area contributed by atoms with Crippen LogP contribution in [0.4, 0.5) is 0 Å². The Kier molecular flexibility index (Phi) is 6.44. The lowest BCUT2D eigenvalue weighted by Gasteiger charge is -2.18. The van der Waals surface area contributed by atoms with Gasteiger partial charge >= 0.3 is 0 Å². The number of hydrogen-bond acceptors (Lipinski definition) is 2. The van der Waals surface area contributed by atoms with Crippen LogP contribution in [0.15, 0.2) is 186 Å². The highest BCUT2D eigenvalue weighted by Crippen LogP contribution is 2.48. The van der Waals surface area contributed by atoms with Crippen molar-refractivity contribution in [2.24, 2.45) is 0 Å². The molecule has 1 aliphatic rings. The van der Waals surface area contributed by atoms with Gasteiger partial charge in [-0.3, -0.25) is 0 Å². The molecule has 12 aromatic rings. The first-order valence-electron chi connectivity index (χ1n) is 19.7. The number of furan rings is 1. The number of hydrogen-bond donors (Lipinski definition) is 0. The summed E-state index contributed by atoms with van der Waals surface area (Å²) in [6, 6.07) is 67.4. The van der Waals surface area contributed by atoms with Crippen LogP contribution in [0.1, 0.15) is 11.1 Å². The van der Waals surface area contributed by atoms with E-state index in [1.54, 1.807) is 0 Å². The van der Waals surface area contributed by atoms with Gasteiger partial charge in [-0.15, -0.1) is 11.3 Å². The number of thiophene rings is 1. The fraction of sp³-hybridized carbons (Fsp3) is 0.0182. The molecule has 264 valence electrons. The summed E-state index contributed by atoms with van der Waals surface area (Å²) >= 11 is 1.87. The zero-order chi connectivity index (χ0) is 37.2. The summed E-state index contributed by atoms with van der Waals surface area (Å²) in [7, 11) is 0. The molecule has 1 nitrogen and oxygen atoms in total. The predicted molar refractivity (Wildman–Crippen MR) is 244 cm³/mol. The number of benzene rings is 10. The summed E-state index contributed by atoms with van der Waals surface area (Å²) < 4.78 is 9.14. The van der Waals surface area contributed by atoms with Gasteiger partial charge in [0.2, 0.25) is 0 Å². The molecule has 0 atom stereocenters. The van der Waals surface area contributed by atoms with E-state index in [0.717, 1.165) is 17.6 Å². The number of para-hydroxylation sites is 1. The fourth-order valence-electron chi connectivity index (χ4n) is 9.92. The smallest absolute Gasteiger partial charge is 0.143 e. The maximum Gasteiger partial charge on any atom is 0.143 e. The van der Waals surface area contributed by atoms with Gasteiger partial charge in [0.05, 0.1) is 0 Å². The first-order chi connectivity index (χ1) is 28.2. The Morgan fingerprint density at radius 2 is 1.00 bits per heavy atom. The molecule has 2 heteroatoms. The quantitative estimate of drug-likeness (QED) is 0.164. The van der Waals surface area contributed by atoms with Gasteiger partial charge in [0.1, 0.15) is 11.2 Å². The fourth-order valence-corrected chi connectivity index (χ4v) is 11.1. The highest BCUT2D eigenvalue weighted by Gasteiger charge is 2.23. The van der Waals surface area contributed by atoms with Gasteiger partial charge in [0.15, 0.2) is 0 Å². The van der Waals surface area contributed by atoms with E-state index in [-0.39, 0.29) is 0 Å². The van der Waals surface area contributed by atoms with E-state index in [4.69, 9.17) is 4.42 Å². The monoisotopic (exact) mass is 740 g/mol. The van der Waals surface area contributed by atoms with Crippen LogP contribution in [0.3, 0.4) is 0 Å². The zero-order valence-corrected chi connectivity index (χ0v) is 31.7. The average molecular weight is 741 g/mol. The van der Waals surface area contributed by atoms with Crippen molar-refractivity contribution >= 4 is 85.8 Å². The Balaban J connectivity index is 0.922.